The SMILES string of the molecule is CCCOC(=O)c1cc2ccccc2cc1Oc1ccnc2cc(OCCCN3C=CC(CC)C=C3)c(OC)cc12. The van der Waals surface area contributed by atoms with Crippen molar-refractivity contribution >= 4 is 27.6 Å². The molecule has 7 heteroatoms. The fourth-order valence-electron chi connectivity index (χ4n) is 4.75. The molecule has 1 aliphatic heterocycles. The van der Waals surface area contributed by atoms with E-state index in [9.17, 15) is 4.79 Å². The lowest BCUT2D eigenvalue weighted by atomic mass is 10.1. The topological polar surface area (TPSA) is 70.1 Å². The smallest absolute Gasteiger partial charge is 0.341 e. The van der Waals surface area contributed by atoms with Crippen LogP contribution in [0.2, 0.25) is 0 Å². The molecule has 0 amide bonds. The van der Waals surface area contributed by atoms with Gasteiger partial charge in [0.2, 0.25) is 0 Å². The van der Waals surface area contributed by atoms with Gasteiger partial charge < -0.3 is 23.8 Å². The summed E-state index contributed by atoms with van der Waals surface area (Å²) in [5.41, 5.74) is 1.07. The highest BCUT2D eigenvalue weighted by molar-refractivity contribution is 5.99. The van der Waals surface area contributed by atoms with Crippen LogP contribution < -0.4 is 14.2 Å². The zero-order valence-electron chi connectivity index (χ0n) is 23.8. The maximum absolute atomic E-state index is 13.0. The molecule has 0 spiro atoms. The van der Waals surface area contributed by atoms with Crippen molar-refractivity contribution in [3.8, 4) is 23.0 Å². The van der Waals surface area contributed by atoms with Gasteiger partial charge in [-0.25, -0.2) is 4.79 Å². The number of aromatic nitrogens is 1. The van der Waals surface area contributed by atoms with Gasteiger partial charge >= 0.3 is 5.97 Å². The highest BCUT2D eigenvalue weighted by Gasteiger charge is 2.19. The largest absolute Gasteiger partial charge is 0.493 e. The molecule has 0 radical (unpaired) electrons. The second-order valence-corrected chi connectivity index (χ2v) is 9.96. The Kier molecular flexibility index (Phi) is 9.04. The minimum atomic E-state index is -0.417. The van der Waals surface area contributed by atoms with Crippen LogP contribution in [0, 0.1) is 5.92 Å². The molecule has 212 valence electrons. The second kappa shape index (κ2) is 13.2. The third kappa shape index (κ3) is 6.62. The maximum Gasteiger partial charge on any atom is 0.341 e. The van der Waals surface area contributed by atoms with Gasteiger partial charge in [-0.1, -0.05) is 50.3 Å². The molecule has 4 aromatic rings. The lowest BCUT2D eigenvalue weighted by Gasteiger charge is -2.21. The van der Waals surface area contributed by atoms with E-state index in [2.05, 4.69) is 41.4 Å². The fourth-order valence-corrected chi connectivity index (χ4v) is 4.75. The molecule has 41 heavy (non-hydrogen) atoms. The first-order chi connectivity index (χ1) is 20.1. The van der Waals surface area contributed by atoms with Crippen LogP contribution in [0.15, 0.2) is 85.3 Å². The van der Waals surface area contributed by atoms with Crippen molar-refractivity contribution in [3.63, 3.8) is 0 Å². The summed E-state index contributed by atoms with van der Waals surface area (Å²) < 4.78 is 23.7. The van der Waals surface area contributed by atoms with E-state index in [-0.39, 0.29) is 0 Å². The van der Waals surface area contributed by atoms with Gasteiger partial charge in [0.1, 0.15) is 17.1 Å². The summed E-state index contributed by atoms with van der Waals surface area (Å²) >= 11 is 0. The number of nitrogens with zero attached hydrogens (tertiary/aromatic N) is 2. The highest BCUT2D eigenvalue weighted by atomic mass is 16.5. The Morgan fingerprint density at radius 3 is 2.41 bits per heavy atom. The van der Waals surface area contributed by atoms with Crippen LogP contribution in [-0.4, -0.2) is 42.7 Å². The van der Waals surface area contributed by atoms with Crippen LogP contribution >= 0.6 is 0 Å². The minimum absolute atomic E-state index is 0.341. The third-order valence-electron chi connectivity index (χ3n) is 7.05. The lowest BCUT2D eigenvalue weighted by molar-refractivity contribution is 0.0502. The number of benzene rings is 3. The van der Waals surface area contributed by atoms with E-state index in [0.29, 0.717) is 53.2 Å². The van der Waals surface area contributed by atoms with E-state index in [1.807, 2.05) is 55.5 Å². The molecule has 0 N–H and O–H groups in total. The standard InChI is InChI=1S/C34H36N2O5/c1-4-18-40-34(37)28-20-25-9-6-7-10-26(25)21-31(28)41-30-11-14-35-29-23-33(32(38-3)22-27(29)30)39-19-8-15-36-16-12-24(5-2)13-17-36/h6-7,9-14,16-17,20-24H,4-5,8,15,18-19H2,1-3H3. The van der Waals surface area contributed by atoms with Crippen molar-refractivity contribution in [1.29, 1.82) is 0 Å². The Morgan fingerprint density at radius 1 is 0.902 bits per heavy atom. The molecule has 0 saturated heterocycles. The Hall–Kier alpha value is -4.52. The number of ether oxygens (including phenoxy) is 4. The first-order valence-electron chi connectivity index (χ1n) is 14.2. The Morgan fingerprint density at radius 2 is 1.68 bits per heavy atom. The van der Waals surface area contributed by atoms with Crippen LogP contribution in [0.1, 0.15) is 43.5 Å². The van der Waals surface area contributed by atoms with Gasteiger partial charge in [-0.15, -0.1) is 0 Å². The zero-order chi connectivity index (χ0) is 28.6. The van der Waals surface area contributed by atoms with E-state index < -0.39 is 5.97 Å². The number of hydrogen-bond donors (Lipinski definition) is 0. The molecule has 0 atom stereocenters. The van der Waals surface area contributed by atoms with Crippen molar-refractivity contribution in [2.24, 2.45) is 5.92 Å². The van der Waals surface area contributed by atoms with Crippen molar-refractivity contribution in [3.05, 3.63) is 90.9 Å². The average molecular weight is 553 g/mol. The molecule has 0 aliphatic carbocycles. The molecule has 7 nitrogen and oxygen atoms in total. The normalized spacial score (nSPS) is 13.1. The second-order valence-electron chi connectivity index (χ2n) is 9.96. The Labute approximate surface area is 241 Å². The summed E-state index contributed by atoms with van der Waals surface area (Å²) in [6.45, 7) is 5.89. The van der Waals surface area contributed by atoms with Gasteiger partial charge in [0.15, 0.2) is 11.5 Å². The molecule has 0 unspecified atom stereocenters. The first-order valence-corrected chi connectivity index (χ1v) is 14.2. The monoisotopic (exact) mass is 552 g/mol. The molecule has 5 rings (SSSR count). The number of rotatable bonds is 12. The number of fused-ring (bicyclic) bond motifs is 2. The van der Waals surface area contributed by atoms with Crippen LogP contribution in [-0.2, 0) is 4.74 Å². The zero-order valence-corrected chi connectivity index (χ0v) is 23.8. The minimum Gasteiger partial charge on any atom is -0.493 e. The predicted octanol–water partition coefficient (Wildman–Crippen LogP) is 7.89. The van der Waals surface area contributed by atoms with E-state index in [1.165, 1.54) is 0 Å². The number of carbonyl (C=O) groups is 1. The van der Waals surface area contributed by atoms with E-state index in [0.717, 1.165) is 42.0 Å². The lowest BCUT2D eigenvalue weighted by Crippen LogP contribution is -2.17. The number of carbonyl (C=O) groups excluding carboxylic acids is 1. The molecule has 0 bridgehead atoms. The van der Waals surface area contributed by atoms with Crippen LogP contribution in [0.5, 0.6) is 23.0 Å². The Balaban J connectivity index is 1.37. The molecular weight excluding hydrogens is 516 g/mol. The molecule has 3 aromatic carbocycles. The summed E-state index contributed by atoms with van der Waals surface area (Å²) in [6.07, 6.45) is 13.1. The molecule has 1 aromatic heterocycles. The maximum atomic E-state index is 13.0. The van der Waals surface area contributed by atoms with E-state index in [4.69, 9.17) is 18.9 Å². The van der Waals surface area contributed by atoms with Gasteiger partial charge in [0, 0.05) is 36.6 Å². The van der Waals surface area contributed by atoms with Crippen molar-refractivity contribution in [2.75, 3.05) is 26.9 Å². The summed E-state index contributed by atoms with van der Waals surface area (Å²) in [7, 11) is 1.61. The fraction of sp³-hybridized carbons (Fsp3) is 0.294. The summed E-state index contributed by atoms with van der Waals surface area (Å²) in [6, 6.07) is 17.0. The van der Waals surface area contributed by atoms with E-state index in [1.54, 1.807) is 19.4 Å². The summed E-state index contributed by atoms with van der Waals surface area (Å²) in [4.78, 5) is 19.7. The van der Waals surface area contributed by atoms with Gasteiger partial charge in [0.25, 0.3) is 0 Å². The van der Waals surface area contributed by atoms with Crippen molar-refractivity contribution < 1.29 is 23.7 Å². The van der Waals surface area contributed by atoms with Crippen molar-refractivity contribution in [1.82, 2.24) is 9.88 Å². The van der Waals surface area contributed by atoms with Gasteiger partial charge in [0.05, 0.1) is 25.8 Å². The van der Waals surface area contributed by atoms with Crippen molar-refractivity contribution in [2.45, 2.75) is 33.1 Å². The molecule has 0 fully saturated rings. The van der Waals surface area contributed by atoms with Crippen LogP contribution in [0.25, 0.3) is 21.7 Å². The summed E-state index contributed by atoms with van der Waals surface area (Å²) in [5.74, 6) is 2.28. The highest BCUT2D eigenvalue weighted by Crippen LogP contribution is 2.38. The number of hydrogen-bond acceptors (Lipinski definition) is 7. The van der Waals surface area contributed by atoms with Crippen LogP contribution in [0.4, 0.5) is 0 Å². The molecule has 1 aliphatic rings. The number of allylic oxidation sites excluding steroid dienone is 2. The molecular formula is C34H36N2O5. The van der Waals surface area contributed by atoms with Gasteiger partial charge in [-0.3, -0.25) is 4.98 Å². The quantitative estimate of drug-likeness (QED) is 0.131. The predicted molar refractivity (Wildman–Crippen MR) is 162 cm³/mol. The number of methoxy groups -OCH3 is 1. The number of esters is 1. The van der Waals surface area contributed by atoms with Gasteiger partial charge in [-0.05, 0) is 60.2 Å². The van der Waals surface area contributed by atoms with E-state index >= 15 is 0 Å². The summed E-state index contributed by atoms with van der Waals surface area (Å²) in [5, 5.41) is 2.64. The molecule has 0 saturated carbocycles. The first kappa shape index (κ1) is 28.0. The number of pyridine rings is 1. The Bertz CT molecular complexity index is 1560. The average Bonchev–Trinajstić information content (AvgIpc) is 3.01. The third-order valence-corrected chi connectivity index (χ3v) is 7.05. The molecule has 2 heterocycles. The van der Waals surface area contributed by atoms with Gasteiger partial charge in [-0.2, -0.15) is 0 Å². The van der Waals surface area contributed by atoms with Crippen LogP contribution in [0.3, 0.4) is 0 Å².